The number of carbonyl (C=O) groups is 1. The SMILES string of the molecule is CCOC(=O)C(C)NCC(O)c1ccccc1F. The normalized spacial score (nSPS) is 14.0. The molecule has 2 unspecified atom stereocenters. The molecule has 1 rings (SSSR count). The molecule has 0 saturated carbocycles. The summed E-state index contributed by atoms with van der Waals surface area (Å²) in [7, 11) is 0. The zero-order chi connectivity index (χ0) is 13.5. The Bertz CT molecular complexity index is 398. The second-order valence-electron chi connectivity index (χ2n) is 3.92. The van der Waals surface area contributed by atoms with Gasteiger partial charge in [-0.25, -0.2) is 4.39 Å². The summed E-state index contributed by atoms with van der Waals surface area (Å²) in [4.78, 5) is 11.3. The van der Waals surface area contributed by atoms with Crippen LogP contribution in [-0.4, -0.2) is 30.3 Å². The van der Waals surface area contributed by atoms with E-state index in [0.29, 0.717) is 6.61 Å². The van der Waals surface area contributed by atoms with Crippen LogP contribution in [-0.2, 0) is 9.53 Å². The third-order valence-corrected chi connectivity index (χ3v) is 2.52. The average Bonchev–Trinajstić information content (AvgIpc) is 2.36. The molecule has 0 aliphatic carbocycles. The first kappa shape index (κ1) is 14.6. The van der Waals surface area contributed by atoms with Crippen molar-refractivity contribution in [3.05, 3.63) is 35.6 Å². The van der Waals surface area contributed by atoms with E-state index in [4.69, 9.17) is 4.74 Å². The monoisotopic (exact) mass is 255 g/mol. The Balaban J connectivity index is 2.49. The van der Waals surface area contributed by atoms with Crippen molar-refractivity contribution in [1.29, 1.82) is 0 Å². The molecule has 2 N–H and O–H groups in total. The molecule has 0 aliphatic heterocycles. The first-order valence-electron chi connectivity index (χ1n) is 5.88. The maximum Gasteiger partial charge on any atom is 0.322 e. The van der Waals surface area contributed by atoms with Crippen molar-refractivity contribution in [2.75, 3.05) is 13.2 Å². The minimum Gasteiger partial charge on any atom is -0.465 e. The molecular formula is C13H18FNO3. The Morgan fingerprint density at radius 3 is 2.78 bits per heavy atom. The molecule has 0 saturated heterocycles. The molecule has 1 aromatic carbocycles. The smallest absolute Gasteiger partial charge is 0.322 e. The summed E-state index contributed by atoms with van der Waals surface area (Å²) in [5.74, 6) is -0.853. The zero-order valence-corrected chi connectivity index (χ0v) is 10.5. The molecule has 18 heavy (non-hydrogen) atoms. The van der Waals surface area contributed by atoms with Crippen molar-refractivity contribution in [3.63, 3.8) is 0 Å². The van der Waals surface area contributed by atoms with Crippen LogP contribution in [0.2, 0.25) is 0 Å². The van der Waals surface area contributed by atoms with E-state index in [2.05, 4.69) is 5.32 Å². The number of halogens is 1. The summed E-state index contributed by atoms with van der Waals surface area (Å²) < 4.78 is 18.2. The summed E-state index contributed by atoms with van der Waals surface area (Å²) in [6.45, 7) is 3.74. The zero-order valence-electron chi connectivity index (χ0n) is 10.5. The number of carbonyl (C=O) groups excluding carboxylic acids is 1. The summed E-state index contributed by atoms with van der Waals surface area (Å²) in [6, 6.07) is 5.46. The lowest BCUT2D eigenvalue weighted by Gasteiger charge is -2.16. The number of nitrogens with one attached hydrogen (secondary N) is 1. The molecule has 100 valence electrons. The lowest BCUT2D eigenvalue weighted by molar-refractivity contribution is -0.145. The van der Waals surface area contributed by atoms with Gasteiger partial charge in [0.15, 0.2) is 0 Å². The van der Waals surface area contributed by atoms with E-state index in [1.165, 1.54) is 12.1 Å². The minimum absolute atomic E-state index is 0.0842. The third kappa shape index (κ3) is 4.09. The molecule has 2 atom stereocenters. The van der Waals surface area contributed by atoms with Gasteiger partial charge in [0.25, 0.3) is 0 Å². The Hall–Kier alpha value is -1.46. The standard InChI is InChI=1S/C13H18FNO3/c1-3-18-13(17)9(2)15-8-12(16)10-6-4-5-7-11(10)14/h4-7,9,12,15-16H,3,8H2,1-2H3. The van der Waals surface area contributed by atoms with Gasteiger partial charge in [-0.05, 0) is 19.9 Å². The largest absolute Gasteiger partial charge is 0.465 e. The quantitative estimate of drug-likeness (QED) is 0.754. The molecule has 5 heteroatoms. The number of rotatable bonds is 6. The number of hydrogen-bond donors (Lipinski definition) is 2. The Morgan fingerprint density at radius 1 is 1.50 bits per heavy atom. The number of aliphatic hydroxyl groups excluding tert-OH is 1. The van der Waals surface area contributed by atoms with Gasteiger partial charge in [0.2, 0.25) is 0 Å². The van der Waals surface area contributed by atoms with E-state index in [1.54, 1.807) is 26.0 Å². The summed E-state index contributed by atoms with van der Waals surface area (Å²) >= 11 is 0. The number of ether oxygens (including phenoxy) is 1. The van der Waals surface area contributed by atoms with E-state index >= 15 is 0 Å². The highest BCUT2D eigenvalue weighted by Crippen LogP contribution is 2.15. The Kier molecular flexibility index (Phi) is 5.74. The highest BCUT2D eigenvalue weighted by molar-refractivity contribution is 5.75. The minimum atomic E-state index is -0.997. The predicted octanol–water partition coefficient (Wildman–Crippen LogP) is 1.40. The number of aliphatic hydroxyl groups is 1. The Morgan fingerprint density at radius 2 is 2.17 bits per heavy atom. The van der Waals surface area contributed by atoms with Crippen LogP contribution in [0.25, 0.3) is 0 Å². The second kappa shape index (κ2) is 7.08. The van der Waals surface area contributed by atoms with Crippen molar-refractivity contribution >= 4 is 5.97 Å². The molecule has 0 aromatic heterocycles. The number of benzene rings is 1. The van der Waals surface area contributed by atoms with Crippen LogP contribution < -0.4 is 5.32 Å². The van der Waals surface area contributed by atoms with Crippen molar-refractivity contribution in [2.24, 2.45) is 0 Å². The van der Waals surface area contributed by atoms with Crippen molar-refractivity contribution in [2.45, 2.75) is 26.0 Å². The number of hydrogen-bond acceptors (Lipinski definition) is 4. The van der Waals surface area contributed by atoms with Gasteiger partial charge in [-0.2, -0.15) is 0 Å². The predicted molar refractivity (Wildman–Crippen MR) is 65.5 cm³/mol. The lowest BCUT2D eigenvalue weighted by Crippen LogP contribution is -2.37. The molecule has 1 aromatic rings. The molecule has 0 aliphatic rings. The highest BCUT2D eigenvalue weighted by atomic mass is 19.1. The van der Waals surface area contributed by atoms with Crippen LogP contribution in [0.5, 0.6) is 0 Å². The fourth-order valence-corrected chi connectivity index (χ4v) is 1.49. The first-order valence-corrected chi connectivity index (χ1v) is 5.88. The summed E-state index contributed by atoms with van der Waals surface area (Å²) in [6.07, 6.45) is -0.997. The summed E-state index contributed by atoms with van der Waals surface area (Å²) in [5.41, 5.74) is 0.209. The molecule has 0 radical (unpaired) electrons. The van der Waals surface area contributed by atoms with Gasteiger partial charge in [-0.15, -0.1) is 0 Å². The maximum absolute atomic E-state index is 13.4. The van der Waals surface area contributed by atoms with E-state index in [1.807, 2.05) is 0 Å². The van der Waals surface area contributed by atoms with Crippen LogP contribution in [0, 0.1) is 5.82 Å². The summed E-state index contributed by atoms with van der Waals surface area (Å²) in [5, 5.41) is 12.6. The van der Waals surface area contributed by atoms with Gasteiger partial charge in [-0.3, -0.25) is 4.79 Å². The highest BCUT2D eigenvalue weighted by Gasteiger charge is 2.17. The van der Waals surface area contributed by atoms with Crippen LogP contribution in [0.4, 0.5) is 4.39 Å². The van der Waals surface area contributed by atoms with Gasteiger partial charge in [0.05, 0.1) is 12.7 Å². The van der Waals surface area contributed by atoms with Gasteiger partial charge in [-0.1, -0.05) is 18.2 Å². The lowest BCUT2D eigenvalue weighted by atomic mass is 10.1. The molecule has 0 fully saturated rings. The number of esters is 1. The second-order valence-corrected chi connectivity index (χ2v) is 3.92. The molecular weight excluding hydrogens is 237 g/mol. The Labute approximate surface area is 106 Å². The van der Waals surface area contributed by atoms with Gasteiger partial charge < -0.3 is 15.2 Å². The van der Waals surface area contributed by atoms with E-state index in [9.17, 15) is 14.3 Å². The first-order chi connectivity index (χ1) is 8.56. The van der Waals surface area contributed by atoms with Crippen LogP contribution >= 0.6 is 0 Å². The molecule has 0 heterocycles. The average molecular weight is 255 g/mol. The van der Waals surface area contributed by atoms with E-state index in [0.717, 1.165) is 0 Å². The van der Waals surface area contributed by atoms with Gasteiger partial charge in [0, 0.05) is 12.1 Å². The van der Waals surface area contributed by atoms with Gasteiger partial charge in [0.1, 0.15) is 11.9 Å². The van der Waals surface area contributed by atoms with Crippen LogP contribution in [0.3, 0.4) is 0 Å². The fourth-order valence-electron chi connectivity index (χ4n) is 1.49. The molecule has 4 nitrogen and oxygen atoms in total. The maximum atomic E-state index is 13.4. The molecule has 0 amide bonds. The molecule has 0 bridgehead atoms. The van der Waals surface area contributed by atoms with Crippen LogP contribution in [0.15, 0.2) is 24.3 Å². The fraction of sp³-hybridized carbons (Fsp3) is 0.462. The van der Waals surface area contributed by atoms with Crippen molar-refractivity contribution in [1.82, 2.24) is 5.32 Å². The molecule has 0 spiro atoms. The topological polar surface area (TPSA) is 58.6 Å². The van der Waals surface area contributed by atoms with Crippen LogP contribution in [0.1, 0.15) is 25.5 Å². The van der Waals surface area contributed by atoms with Crippen molar-refractivity contribution in [3.8, 4) is 0 Å². The van der Waals surface area contributed by atoms with Gasteiger partial charge >= 0.3 is 5.97 Å². The van der Waals surface area contributed by atoms with E-state index < -0.39 is 23.9 Å². The van der Waals surface area contributed by atoms with Crippen molar-refractivity contribution < 1.29 is 19.0 Å². The van der Waals surface area contributed by atoms with E-state index in [-0.39, 0.29) is 12.1 Å². The third-order valence-electron chi connectivity index (χ3n) is 2.52.